The van der Waals surface area contributed by atoms with Crippen molar-refractivity contribution in [1.82, 2.24) is 9.80 Å². The summed E-state index contributed by atoms with van der Waals surface area (Å²) < 4.78 is 10.9. The normalized spacial score (nSPS) is 15.2. The fourth-order valence-electron chi connectivity index (χ4n) is 2.78. The lowest BCUT2D eigenvalue weighted by Gasteiger charge is -2.36. The summed E-state index contributed by atoms with van der Waals surface area (Å²) in [5, 5.41) is 0. The number of hydrogen-bond donors (Lipinski definition) is 1. The highest BCUT2D eigenvalue weighted by molar-refractivity contribution is 14.0. The van der Waals surface area contributed by atoms with E-state index in [1.165, 1.54) is 0 Å². The van der Waals surface area contributed by atoms with Crippen molar-refractivity contribution in [3.05, 3.63) is 35.4 Å². The number of guanidine groups is 1. The van der Waals surface area contributed by atoms with E-state index in [9.17, 15) is 4.79 Å². The number of carbonyl (C=O) groups is 1. The molecule has 1 aromatic rings. The molecule has 158 valence electrons. The maximum Gasteiger partial charge on any atom is 0.410 e. The van der Waals surface area contributed by atoms with Gasteiger partial charge < -0.3 is 25.0 Å². The molecule has 0 saturated carbocycles. The molecule has 1 aliphatic heterocycles. The number of ether oxygens (including phenoxy) is 2. The zero-order valence-electron chi connectivity index (χ0n) is 17.3. The van der Waals surface area contributed by atoms with Crippen LogP contribution in [0.1, 0.15) is 38.8 Å². The highest BCUT2D eigenvalue weighted by Crippen LogP contribution is 2.13. The minimum Gasteiger partial charge on any atom is -0.444 e. The van der Waals surface area contributed by atoms with Gasteiger partial charge in [0.05, 0.1) is 13.2 Å². The van der Waals surface area contributed by atoms with Crippen LogP contribution in [-0.2, 0) is 22.6 Å². The van der Waals surface area contributed by atoms with E-state index in [2.05, 4.69) is 11.1 Å². The monoisotopic (exact) mass is 504 g/mol. The smallest absolute Gasteiger partial charge is 0.410 e. The molecule has 7 nitrogen and oxygen atoms in total. The van der Waals surface area contributed by atoms with E-state index in [1.807, 2.05) is 50.8 Å². The Hall–Kier alpha value is -1.55. The maximum atomic E-state index is 12.1. The van der Waals surface area contributed by atoms with Gasteiger partial charge in [-0.15, -0.1) is 24.0 Å². The molecular weight excluding hydrogens is 471 g/mol. The molecule has 1 aliphatic rings. The van der Waals surface area contributed by atoms with Crippen LogP contribution in [0.15, 0.2) is 29.3 Å². The minimum atomic E-state index is -0.483. The molecule has 1 saturated heterocycles. The summed E-state index contributed by atoms with van der Waals surface area (Å²) in [6.07, 6.45) is -0.275. The summed E-state index contributed by atoms with van der Waals surface area (Å²) in [6.45, 7) is 11.8. The molecule has 0 spiro atoms. The van der Waals surface area contributed by atoms with Gasteiger partial charge in [0, 0.05) is 32.8 Å². The number of carbonyl (C=O) groups excluding carboxylic acids is 1. The molecule has 1 fully saturated rings. The fourth-order valence-corrected chi connectivity index (χ4v) is 2.78. The molecule has 0 radical (unpaired) electrons. The maximum absolute atomic E-state index is 12.1. The van der Waals surface area contributed by atoms with Crippen molar-refractivity contribution in [1.29, 1.82) is 0 Å². The van der Waals surface area contributed by atoms with Gasteiger partial charge in [0.25, 0.3) is 0 Å². The summed E-state index contributed by atoms with van der Waals surface area (Å²) in [6, 6.07) is 8.10. The number of nitrogens with two attached hydrogens (primary N) is 1. The summed E-state index contributed by atoms with van der Waals surface area (Å²) in [5.41, 5.74) is 7.94. The van der Waals surface area contributed by atoms with Crippen LogP contribution in [0, 0.1) is 0 Å². The van der Waals surface area contributed by atoms with Crippen LogP contribution in [0.4, 0.5) is 4.79 Å². The lowest BCUT2D eigenvalue weighted by Crippen LogP contribution is -2.53. The Morgan fingerprint density at radius 3 is 2.25 bits per heavy atom. The van der Waals surface area contributed by atoms with Crippen molar-refractivity contribution < 1.29 is 14.3 Å². The van der Waals surface area contributed by atoms with Gasteiger partial charge in [-0.25, -0.2) is 9.79 Å². The predicted molar refractivity (Wildman–Crippen MR) is 122 cm³/mol. The Morgan fingerprint density at radius 1 is 1.11 bits per heavy atom. The van der Waals surface area contributed by atoms with Crippen LogP contribution < -0.4 is 5.73 Å². The van der Waals surface area contributed by atoms with Crippen LogP contribution in [0.2, 0.25) is 0 Å². The van der Waals surface area contributed by atoms with E-state index in [0.717, 1.165) is 11.1 Å². The Kier molecular flexibility index (Phi) is 10.0. The first kappa shape index (κ1) is 24.5. The molecule has 8 heteroatoms. The Bertz CT molecular complexity index is 653. The van der Waals surface area contributed by atoms with Crippen LogP contribution in [0.5, 0.6) is 0 Å². The lowest BCUT2D eigenvalue weighted by molar-refractivity contribution is 0.0186. The van der Waals surface area contributed by atoms with Gasteiger partial charge in [0.2, 0.25) is 0 Å². The molecule has 1 amide bonds. The highest BCUT2D eigenvalue weighted by Gasteiger charge is 2.26. The lowest BCUT2D eigenvalue weighted by atomic mass is 10.1. The summed E-state index contributed by atoms with van der Waals surface area (Å²) in [7, 11) is 0. The molecule has 0 bridgehead atoms. The van der Waals surface area contributed by atoms with Gasteiger partial charge >= 0.3 is 6.09 Å². The molecule has 28 heavy (non-hydrogen) atoms. The second-order valence-electron chi connectivity index (χ2n) is 7.53. The molecule has 0 unspecified atom stereocenters. The first-order valence-electron chi connectivity index (χ1n) is 9.47. The minimum absolute atomic E-state index is 0. The second-order valence-corrected chi connectivity index (χ2v) is 7.53. The standard InChI is InChI=1S/C20H32N4O3.HI/c1-5-26-15-17-9-7-6-8-16(17)14-22-18(21)23-10-12-24(13-11-23)19(25)27-20(2,3)4;/h6-9H,5,10-15H2,1-4H3,(H2,21,22);1H. The third-order valence-corrected chi connectivity index (χ3v) is 4.25. The SMILES string of the molecule is CCOCc1ccccc1CN=C(N)N1CCN(C(=O)OC(C)(C)C)CC1.I. The van der Waals surface area contributed by atoms with Crippen molar-refractivity contribution in [2.75, 3.05) is 32.8 Å². The van der Waals surface area contributed by atoms with Gasteiger partial charge in [0.1, 0.15) is 5.60 Å². The van der Waals surface area contributed by atoms with Crippen molar-refractivity contribution in [3.8, 4) is 0 Å². The number of rotatable bonds is 5. The van der Waals surface area contributed by atoms with Gasteiger partial charge in [-0.05, 0) is 38.8 Å². The van der Waals surface area contributed by atoms with Gasteiger partial charge in [0.15, 0.2) is 5.96 Å². The molecule has 1 heterocycles. The Balaban J connectivity index is 0.00000392. The largest absolute Gasteiger partial charge is 0.444 e. The third kappa shape index (κ3) is 7.83. The van der Waals surface area contributed by atoms with Gasteiger partial charge in [-0.1, -0.05) is 24.3 Å². The summed E-state index contributed by atoms with van der Waals surface area (Å²) in [5.74, 6) is 0.505. The average molecular weight is 504 g/mol. The van der Waals surface area contributed by atoms with Crippen molar-refractivity contribution in [3.63, 3.8) is 0 Å². The zero-order valence-corrected chi connectivity index (χ0v) is 19.6. The number of nitrogens with zero attached hydrogens (tertiary/aromatic N) is 3. The van der Waals surface area contributed by atoms with Crippen LogP contribution in [0.3, 0.4) is 0 Å². The van der Waals surface area contributed by atoms with Gasteiger partial charge in [-0.2, -0.15) is 0 Å². The van der Waals surface area contributed by atoms with E-state index in [-0.39, 0.29) is 30.1 Å². The predicted octanol–water partition coefficient (Wildman–Crippen LogP) is 3.21. The van der Waals surface area contributed by atoms with Crippen LogP contribution >= 0.6 is 24.0 Å². The van der Waals surface area contributed by atoms with Crippen molar-refractivity contribution in [2.24, 2.45) is 10.7 Å². The van der Waals surface area contributed by atoms with Crippen molar-refractivity contribution in [2.45, 2.75) is 46.4 Å². The molecule has 2 N–H and O–H groups in total. The third-order valence-electron chi connectivity index (χ3n) is 4.25. The quantitative estimate of drug-likeness (QED) is 0.379. The van der Waals surface area contributed by atoms with E-state index in [1.54, 1.807) is 4.90 Å². The topological polar surface area (TPSA) is 80.4 Å². The molecule has 1 aromatic carbocycles. The Labute approximate surface area is 185 Å². The van der Waals surface area contributed by atoms with E-state index >= 15 is 0 Å². The zero-order chi connectivity index (χ0) is 19.9. The number of benzene rings is 1. The number of hydrogen-bond acceptors (Lipinski definition) is 4. The molecular formula is C20H33IN4O3. The van der Waals surface area contributed by atoms with E-state index in [4.69, 9.17) is 15.2 Å². The number of aliphatic imine (C=N–C) groups is 1. The van der Waals surface area contributed by atoms with Crippen molar-refractivity contribution >= 4 is 36.0 Å². The number of halogens is 1. The molecule has 2 rings (SSSR count). The average Bonchev–Trinajstić information content (AvgIpc) is 2.63. The highest BCUT2D eigenvalue weighted by atomic mass is 127. The van der Waals surface area contributed by atoms with Crippen LogP contribution in [-0.4, -0.2) is 60.2 Å². The van der Waals surface area contributed by atoms with E-state index in [0.29, 0.717) is 51.9 Å². The molecule has 0 aliphatic carbocycles. The molecule has 0 atom stereocenters. The summed E-state index contributed by atoms with van der Waals surface area (Å²) in [4.78, 5) is 20.4. The Morgan fingerprint density at radius 2 is 1.68 bits per heavy atom. The molecule has 0 aromatic heterocycles. The fraction of sp³-hybridized carbons (Fsp3) is 0.600. The number of amides is 1. The first-order valence-corrected chi connectivity index (χ1v) is 9.47. The van der Waals surface area contributed by atoms with E-state index < -0.39 is 5.60 Å². The summed E-state index contributed by atoms with van der Waals surface area (Å²) >= 11 is 0. The second kappa shape index (κ2) is 11.5. The number of piperazine rings is 1. The van der Waals surface area contributed by atoms with Crippen LogP contribution in [0.25, 0.3) is 0 Å². The van der Waals surface area contributed by atoms with Gasteiger partial charge in [-0.3, -0.25) is 0 Å². The first-order chi connectivity index (χ1) is 12.8.